The molecular weight excluding hydrogens is 462 g/mol. The molecule has 0 bridgehead atoms. The molecule has 184 valence electrons. The van der Waals surface area contributed by atoms with Crippen molar-refractivity contribution in [2.75, 3.05) is 26.3 Å². The van der Waals surface area contributed by atoms with Crippen LogP contribution in [0.5, 0.6) is 0 Å². The third-order valence-electron chi connectivity index (χ3n) is 3.54. The second-order valence-corrected chi connectivity index (χ2v) is 8.76. The number of hydrogen-bond donors (Lipinski definition) is 3. The molecule has 16 heteroatoms. The quantitative estimate of drug-likeness (QED) is 0.145. The van der Waals surface area contributed by atoms with Crippen LogP contribution in [-0.4, -0.2) is 79.4 Å². The first-order valence-corrected chi connectivity index (χ1v) is 10.4. The van der Waals surface area contributed by atoms with Gasteiger partial charge in [-0.2, -0.15) is 27.4 Å². The van der Waals surface area contributed by atoms with Crippen molar-refractivity contribution in [3.8, 4) is 0 Å². The van der Waals surface area contributed by atoms with Gasteiger partial charge in [-0.25, -0.2) is 4.79 Å². The lowest BCUT2D eigenvalue weighted by molar-refractivity contribution is -0.161. The molecule has 32 heavy (non-hydrogen) atoms. The van der Waals surface area contributed by atoms with Crippen LogP contribution in [-0.2, 0) is 38.8 Å². The Morgan fingerprint density at radius 3 is 1.59 bits per heavy atom. The molecule has 3 N–H and O–H groups in total. The molecule has 0 spiro atoms. The second kappa shape index (κ2) is 11.2. The summed E-state index contributed by atoms with van der Waals surface area (Å²) in [5.41, 5.74) is -2.90. The van der Waals surface area contributed by atoms with Gasteiger partial charge in [0.25, 0.3) is 0 Å². The molecule has 0 saturated carbocycles. The van der Waals surface area contributed by atoms with Crippen molar-refractivity contribution in [3.63, 3.8) is 0 Å². The average molecular weight is 488 g/mol. The Labute approximate surface area is 183 Å². The van der Waals surface area contributed by atoms with Crippen LogP contribution in [0, 0.1) is 0 Å². The highest BCUT2D eigenvalue weighted by molar-refractivity contribution is 7.87. The normalized spacial score (nSPS) is 12.9. The van der Waals surface area contributed by atoms with E-state index >= 15 is 0 Å². The van der Waals surface area contributed by atoms with E-state index < -0.39 is 63.4 Å². The predicted molar refractivity (Wildman–Crippen MR) is 103 cm³/mol. The summed E-state index contributed by atoms with van der Waals surface area (Å²) >= 11 is 0. The number of nitrogens with zero attached hydrogens (tertiary/aromatic N) is 2. The molecule has 0 aromatic heterocycles. The number of azo groups is 1. The fraction of sp³-hybridized carbons (Fsp3) is 0.750. The van der Waals surface area contributed by atoms with Crippen molar-refractivity contribution in [2.24, 2.45) is 10.2 Å². The van der Waals surface area contributed by atoms with Gasteiger partial charge in [0.05, 0.1) is 13.1 Å². The third kappa shape index (κ3) is 9.17. The van der Waals surface area contributed by atoms with Crippen molar-refractivity contribution < 1.29 is 50.4 Å². The fourth-order valence-corrected chi connectivity index (χ4v) is 1.90. The largest absolute Gasteiger partial charge is 0.465 e. The zero-order valence-electron chi connectivity index (χ0n) is 18.1. The Bertz CT molecular complexity index is 858. The van der Waals surface area contributed by atoms with E-state index in [-0.39, 0.29) is 13.2 Å². The van der Waals surface area contributed by atoms with Gasteiger partial charge < -0.3 is 20.1 Å². The molecule has 0 heterocycles. The SMILES string of the molecule is CC(=O)OCCNC(=O)C(C)(C)N=NC(C)(C)C(=O)NCCOC(=O)C(F)(F)S(=O)(=O)O. The molecule has 0 aromatic rings. The Morgan fingerprint density at radius 2 is 1.25 bits per heavy atom. The first kappa shape index (κ1) is 29.2. The van der Waals surface area contributed by atoms with Gasteiger partial charge in [0.1, 0.15) is 13.2 Å². The molecule has 0 saturated heterocycles. The van der Waals surface area contributed by atoms with E-state index in [2.05, 4.69) is 30.3 Å². The Hall–Kier alpha value is -2.75. The van der Waals surface area contributed by atoms with Crippen molar-refractivity contribution in [2.45, 2.75) is 51.0 Å². The van der Waals surface area contributed by atoms with Gasteiger partial charge in [-0.3, -0.25) is 18.9 Å². The summed E-state index contributed by atoms with van der Waals surface area (Å²) in [4.78, 5) is 46.0. The van der Waals surface area contributed by atoms with E-state index in [1.165, 1.54) is 34.6 Å². The Balaban J connectivity index is 4.71. The van der Waals surface area contributed by atoms with Crippen LogP contribution in [0.1, 0.15) is 34.6 Å². The lowest BCUT2D eigenvalue weighted by atomic mass is 10.0. The van der Waals surface area contributed by atoms with Crippen LogP contribution in [0.15, 0.2) is 10.2 Å². The molecular formula is C16H26F2N4O9S. The molecule has 0 atom stereocenters. The van der Waals surface area contributed by atoms with Gasteiger partial charge >= 0.3 is 27.3 Å². The molecule has 2 amide bonds. The van der Waals surface area contributed by atoms with Crippen molar-refractivity contribution >= 4 is 33.9 Å². The zero-order valence-corrected chi connectivity index (χ0v) is 18.9. The summed E-state index contributed by atoms with van der Waals surface area (Å²) in [6.07, 6.45) is 0. The molecule has 13 nitrogen and oxygen atoms in total. The maximum Gasteiger partial charge on any atom is 0.465 e. The van der Waals surface area contributed by atoms with Gasteiger partial charge in [0.15, 0.2) is 11.1 Å². The lowest BCUT2D eigenvalue weighted by Crippen LogP contribution is -2.45. The van der Waals surface area contributed by atoms with E-state index in [1.807, 2.05) is 0 Å². The maximum absolute atomic E-state index is 13.0. The smallest absolute Gasteiger partial charge is 0.464 e. The molecule has 0 fully saturated rings. The average Bonchev–Trinajstić information content (AvgIpc) is 2.65. The van der Waals surface area contributed by atoms with Crippen LogP contribution < -0.4 is 10.6 Å². The summed E-state index contributed by atoms with van der Waals surface area (Å²) in [6, 6.07) is 0. The number of esters is 2. The van der Waals surface area contributed by atoms with Crippen molar-refractivity contribution in [3.05, 3.63) is 0 Å². The summed E-state index contributed by atoms with van der Waals surface area (Å²) in [6.45, 7) is 5.41. The summed E-state index contributed by atoms with van der Waals surface area (Å²) in [5.74, 6) is -4.34. The molecule has 0 aliphatic rings. The minimum atomic E-state index is -6.00. The predicted octanol–water partition coefficient (Wildman–Crippen LogP) is -0.185. The molecule has 0 radical (unpaired) electrons. The van der Waals surface area contributed by atoms with Crippen LogP contribution in [0.25, 0.3) is 0 Å². The third-order valence-corrected chi connectivity index (χ3v) is 4.35. The van der Waals surface area contributed by atoms with E-state index in [1.54, 1.807) is 0 Å². The molecule has 0 aliphatic heterocycles. The molecule has 0 aliphatic carbocycles. The minimum absolute atomic E-state index is 0.0383. The molecule has 0 rings (SSSR count). The topological polar surface area (TPSA) is 190 Å². The summed E-state index contributed by atoms with van der Waals surface area (Å²) < 4.78 is 63.9. The standard InChI is InChI=1S/C16H26F2N4O9S/c1-10(23)30-8-6-19-11(24)14(2,3)21-22-15(4,5)12(25)20-7-9-31-13(26)16(17,18)32(27,28)29/h6-9H2,1-5H3,(H,19,24)(H,20,25)(H,27,28,29). The lowest BCUT2D eigenvalue weighted by Gasteiger charge is -2.22. The molecule has 0 aromatic carbocycles. The van der Waals surface area contributed by atoms with E-state index in [9.17, 15) is 36.4 Å². The number of carbonyl (C=O) groups is 4. The highest BCUT2D eigenvalue weighted by Crippen LogP contribution is 2.22. The van der Waals surface area contributed by atoms with Crippen LogP contribution in [0.4, 0.5) is 8.78 Å². The highest BCUT2D eigenvalue weighted by Gasteiger charge is 2.54. The molecule has 0 unspecified atom stereocenters. The van der Waals surface area contributed by atoms with Gasteiger partial charge in [-0.15, -0.1) is 0 Å². The monoisotopic (exact) mass is 488 g/mol. The minimum Gasteiger partial charge on any atom is -0.464 e. The van der Waals surface area contributed by atoms with E-state index in [4.69, 9.17) is 4.55 Å². The van der Waals surface area contributed by atoms with Crippen LogP contribution in [0.2, 0.25) is 0 Å². The number of rotatable bonds is 12. The van der Waals surface area contributed by atoms with Crippen LogP contribution in [0.3, 0.4) is 0 Å². The fourth-order valence-electron chi connectivity index (χ4n) is 1.63. The highest BCUT2D eigenvalue weighted by atomic mass is 32.2. The van der Waals surface area contributed by atoms with Crippen molar-refractivity contribution in [1.29, 1.82) is 0 Å². The van der Waals surface area contributed by atoms with Crippen LogP contribution >= 0.6 is 0 Å². The summed E-state index contributed by atoms with van der Waals surface area (Å²) in [7, 11) is -6.00. The number of alkyl halides is 2. The van der Waals surface area contributed by atoms with Gasteiger partial charge in [0, 0.05) is 6.92 Å². The number of halogens is 2. The number of hydrogen-bond acceptors (Lipinski definition) is 10. The Kier molecular flexibility index (Phi) is 10.3. The number of carbonyl (C=O) groups excluding carboxylic acids is 4. The number of nitrogens with one attached hydrogen (secondary N) is 2. The van der Waals surface area contributed by atoms with E-state index in [0.29, 0.717) is 0 Å². The van der Waals surface area contributed by atoms with Gasteiger partial charge in [-0.1, -0.05) is 0 Å². The van der Waals surface area contributed by atoms with Crippen molar-refractivity contribution in [1.82, 2.24) is 10.6 Å². The maximum atomic E-state index is 13.0. The first-order chi connectivity index (χ1) is 14.3. The summed E-state index contributed by atoms with van der Waals surface area (Å²) in [5, 5.41) is 7.21. The van der Waals surface area contributed by atoms with Gasteiger partial charge in [0.2, 0.25) is 11.8 Å². The second-order valence-electron chi connectivity index (χ2n) is 7.30. The number of ether oxygens (including phenoxy) is 2. The Morgan fingerprint density at radius 1 is 0.875 bits per heavy atom. The zero-order chi connectivity index (χ0) is 25.4. The first-order valence-electron chi connectivity index (χ1n) is 9.00. The van der Waals surface area contributed by atoms with Gasteiger partial charge in [-0.05, 0) is 27.7 Å². The number of amides is 2. The van der Waals surface area contributed by atoms with E-state index in [0.717, 1.165) is 0 Å².